The van der Waals surface area contributed by atoms with Crippen LogP contribution in [-0.4, -0.2) is 57.7 Å². The number of rotatable bonds is 10. The number of hydrogen-bond donors (Lipinski definition) is 1. The summed E-state index contributed by atoms with van der Waals surface area (Å²) < 4.78 is 28.6. The predicted molar refractivity (Wildman–Crippen MR) is 75.6 cm³/mol. The van der Waals surface area contributed by atoms with Gasteiger partial charge in [0, 0.05) is 19.6 Å². The van der Waals surface area contributed by atoms with Gasteiger partial charge in [-0.1, -0.05) is 13.8 Å². The summed E-state index contributed by atoms with van der Waals surface area (Å²) in [6.07, 6.45) is 2.60. The molecule has 0 rings (SSSR count). The van der Waals surface area contributed by atoms with Crippen LogP contribution in [0.1, 0.15) is 33.1 Å². The predicted octanol–water partition coefficient (Wildman–Crippen LogP) is 0.118. The molecule has 118 valence electrons. The molecule has 0 unspecified atom stereocenters. The molecule has 0 saturated heterocycles. The first-order valence-electron chi connectivity index (χ1n) is 6.68. The Balaban J connectivity index is 4.00. The van der Waals surface area contributed by atoms with Crippen LogP contribution in [0.5, 0.6) is 0 Å². The smallest absolute Gasteiger partial charge is 0.307 e. The monoisotopic (exact) mass is 308 g/mol. The maximum atomic E-state index is 11.8. The summed E-state index contributed by atoms with van der Waals surface area (Å²) in [4.78, 5) is 24.8. The Morgan fingerprint density at radius 2 is 1.70 bits per heavy atom. The van der Waals surface area contributed by atoms with Gasteiger partial charge in [0.05, 0.1) is 12.7 Å². The summed E-state index contributed by atoms with van der Waals surface area (Å²) in [5.41, 5.74) is 0. The summed E-state index contributed by atoms with van der Waals surface area (Å²) >= 11 is 0. The van der Waals surface area contributed by atoms with Crippen LogP contribution in [0.15, 0.2) is 0 Å². The number of carbonyl (C=O) groups excluding carboxylic acids is 2. The number of carbonyl (C=O) groups is 2. The van der Waals surface area contributed by atoms with Crippen molar-refractivity contribution in [3.05, 3.63) is 0 Å². The second-order valence-electron chi connectivity index (χ2n) is 4.46. The highest BCUT2D eigenvalue weighted by molar-refractivity contribution is 7.88. The van der Waals surface area contributed by atoms with Gasteiger partial charge in [0.25, 0.3) is 5.91 Å². The quantitative estimate of drug-likeness (QED) is 0.579. The van der Waals surface area contributed by atoms with Gasteiger partial charge in [-0.2, -0.15) is 0 Å². The van der Waals surface area contributed by atoms with Crippen LogP contribution in [-0.2, 0) is 24.3 Å². The van der Waals surface area contributed by atoms with Crippen molar-refractivity contribution in [3.63, 3.8) is 0 Å². The van der Waals surface area contributed by atoms with E-state index in [-0.39, 0.29) is 25.5 Å². The molecule has 0 aliphatic heterocycles. The first kappa shape index (κ1) is 18.9. The van der Waals surface area contributed by atoms with E-state index in [9.17, 15) is 18.0 Å². The lowest BCUT2D eigenvalue weighted by Crippen LogP contribution is -2.36. The van der Waals surface area contributed by atoms with Crippen molar-refractivity contribution >= 4 is 21.9 Å². The Kier molecular flexibility index (Phi) is 9.15. The van der Waals surface area contributed by atoms with Crippen LogP contribution < -0.4 is 4.72 Å². The molecule has 0 aliphatic rings. The minimum Gasteiger partial charge on any atom is -0.456 e. The number of sulfonamides is 1. The lowest BCUT2D eigenvalue weighted by Gasteiger charge is -2.21. The minimum atomic E-state index is -3.31. The van der Waals surface area contributed by atoms with Gasteiger partial charge in [0.2, 0.25) is 10.0 Å². The van der Waals surface area contributed by atoms with Crippen molar-refractivity contribution in [2.75, 3.05) is 32.5 Å². The Bertz CT molecular complexity index is 402. The molecule has 0 aliphatic carbocycles. The van der Waals surface area contributed by atoms with E-state index in [4.69, 9.17) is 4.74 Å². The Morgan fingerprint density at radius 1 is 1.15 bits per heavy atom. The summed E-state index contributed by atoms with van der Waals surface area (Å²) in [7, 11) is -3.31. The van der Waals surface area contributed by atoms with E-state index in [1.54, 1.807) is 4.90 Å². The van der Waals surface area contributed by atoms with Gasteiger partial charge in [-0.05, 0) is 12.8 Å². The van der Waals surface area contributed by atoms with E-state index < -0.39 is 16.0 Å². The molecule has 20 heavy (non-hydrogen) atoms. The van der Waals surface area contributed by atoms with Crippen LogP contribution >= 0.6 is 0 Å². The molecule has 0 spiro atoms. The zero-order valence-corrected chi connectivity index (χ0v) is 13.2. The zero-order chi connectivity index (χ0) is 15.6. The number of esters is 1. The molecule has 0 atom stereocenters. The Labute approximate surface area is 120 Å². The first-order valence-corrected chi connectivity index (χ1v) is 8.57. The fraction of sp³-hybridized carbons (Fsp3) is 0.833. The average molecular weight is 308 g/mol. The molecule has 0 heterocycles. The van der Waals surface area contributed by atoms with Crippen LogP contribution in [0.25, 0.3) is 0 Å². The lowest BCUT2D eigenvalue weighted by atomic mass is 10.3. The van der Waals surface area contributed by atoms with Gasteiger partial charge in [-0.15, -0.1) is 0 Å². The molecule has 0 aromatic heterocycles. The number of amides is 1. The summed E-state index contributed by atoms with van der Waals surface area (Å²) in [6, 6.07) is 0. The molecule has 7 nitrogen and oxygen atoms in total. The number of nitrogens with one attached hydrogen (secondary N) is 1. The van der Waals surface area contributed by atoms with Crippen LogP contribution in [0.2, 0.25) is 0 Å². The third-order valence-electron chi connectivity index (χ3n) is 2.39. The molecule has 0 fully saturated rings. The summed E-state index contributed by atoms with van der Waals surface area (Å²) in [6.45, 7) is 4.90. The van der Waals surface area contributed by atoms with Crippen LogP contribution in [0.3, 0.4) is 0 Å². The van der Waals surface area contributed by atoms with E-state index >= 15 is 0 Å². The van der Waals surface area contributed by atoms with Gasteiger partial charge in [-0.3, -0.25) is 9.59 Å². The maximum absolute atomic E-state index is 11.8. The maximum Gasteiger partial charge on any atom is 0.307 e. The SMILES string of the molecule is CCCN(CCC)C(=O)COC(=O)CCNS(C)(=O)=O. The molecule has 8 heteroatoms. The largest absolute Gasteiger partial charge is 0.456 e. The Morgan fingerprint density at radius 3 is 2.15 bits per heavy atom. The third-order valence-corrected chi connectivity index (χ3v) is 3.12. The summed E-state index contributed by atoms with van der Waals surface area (Å²) in [5, 5.41) is 0. The highest BCUT2D eigenvalue weighted by atomic mass is 32.2. The number of ether oxygens (including phenoxy) is 1. The van der Waals surface area contributed by atoms with Gasteiger partial charge < -0.3 is 9.64 Å². The highest BCUT2D eigenvalue weighted by Crippen LogP contribution is 1.97. The van der Waals surface area contributed by atoms with Crippen molar-refractivity contribution < 1.29 is 22.7 Å². The zero-order valence-electron chi connectivity index (χ0n) is 12.3. The van der Waals surface area contributed by atoms with E-state index in [2.05, 4.69) is 4.72 Å². The lowest BCUT2D eigenvalue weighted by molar-refractivity contribution is -0.151. The molecular formula is C12H24N2O5S. The average Bonchev–Trinajstić information content (AvgIpc) is 2.34. The van der Waals surface area contributed by atoms with E-state index in [1.807, 2.05) is 13.8 Å². The summed E-state index contributed by atoms with van der Waals surface area (Å²) in [5.74, 6) is -0.819. The van der Waals surface area contributed by atoms with E-state index in [1.165, 1.54) is 0 Å². The molecular weight excluding hydrogens is 284 g/mol. The standard InChI is InChI=1S/C12H24N2O5S/c1-4-8-14(9-5-2)11(15)10-19-12(16)6-7-13-20(3,17)18/h13H,4-10H2,1-3H3. The fourth-order valence-electron chi connectivity index (χ4n) is 1.55. The molecule has 1 N–H and O–H groups in total. The van der Waals surface area contributed by atoms with Crippen molar-refractivity contribution in [1.29, 1.82) is 0 Å². The second-order valence-corrected chi connectivity index (χ2v) is 6.29. The van der Waals surface area contributed by atoms with Crippen molar-refractivity contribution in [3.8, 4) is 0 Å². The van der Waals surface area contributed by atoms with Crippen LogP contribution in [0.4, 0.5) is 0 Å². The van der Waals surface area contributed by atoms with Crippen molar-refractivity contribution in [2.45, 2.75) is 33.1 Å². The molecule has 0 bridgehead atoms. The second kappa shape index (κ2) is 9.71. The van der Waals surface area contributed by atoms with Crippen molar-refractivity contribution in [1.82, 2.24) is 9.62 Å². The minimum absolute atomic E-state index is 0.0283. The third kappa shape index (κ3) is 9.74. The van der Waals surface area contributed by atoms with Gasteiger partial charge in [0.15, 0.2) is 6.61 Å². The first-order chi connectivity index (χ1) is 9.30. The Hall–Kier alpha value is -1.15. The van der Waals surface area contributed by atoms with Crippen molar-refractivity contribution in [2.24, 2.45) is 0 Å². The highest BCUT2D eigenvalue weighted by Gasteiger charge is 2.14. The molecule has 0 saturated carbocycles. The van der Waals surface area contributed by atoms with Gasteiger partial charge in [0.1, 0.15) is 0 Å². The van der Waals surface area contributed by atoms with Gasteiger partial charge >= 0.3 is 5.97 Å². The fourth-order valence-corrected chi connectivity index (χ4v) is 2.02. The van der Waals surface area contributed by atoms with Crippen LogP contribution in [0, 0.1) is 0 Å². The molecule has 0 radical (unpaired) electrons. The van der Waals surface area contributed by atoms with E-state index in [0.29, 0.717) is 13.1 Å². The normalized spacial score (nSPS) is 11.2. The number of hydrogen-bond acceptors (Lipinski definition) is 5. The molecule has 0 aromatic rings. The number of nitrogens with zero attached hydrogens (tertiary/aromatic N) is 1. The molecule has 0 aromatic carbocycles. The van der Waals surface area contributed by atoms with Gasteiger partial charge in [-0.25, -0.2) is 13.1 Å². The topological polar surface area (TPSA) is 92.8 Å². The molecule has 1 amide bonds. The van der Waals surface area contributed by atoms with E-state index in [0.717, 1.165) is 19.1 Å².